The third kappa shape index (κ3) is 2.77. The summed E-state index contributed by atoms with van der Waals surface area (Å²) < 4.78 is 7.52. The number of fused-ring (bicyclic) bond motifs is 1. The van der Waals surface area contributed by atoms with Crippen LogP contribution in [-0.2, 0) is 0 Å². The van der Waals surface area contributed by atoms with Gasteiger partial charge in [-0.15, -0.1) is 0 Å². The van der Waals surface area contributed by atoms with Crippen LogP contribution in [0.4, 0.5) is 0 Å². The maximum atomic E-state index is 6.21. The summed E-state index contributed by atoms with van der Waals surface area (Å²) in [6, 6.07) is 22.0. The Morgan fingerprint density at radius 2 is 1.80 bits per heavy atom. The number of benzene rings is 3. The SMILES string of the molecule is COc1ccc(-n2c(-c3cccc(Cl)c3)nc3ccccc32)c(C)c1. The summed E-state index contributed by atoms with van der Waals surface area (Å²) in [5.41, 5.74) is 5.19. The summed E-state index contributed by atoms with van der Waals surface area (Å²) in [4.78, 5) is 4.86. The van der Waals surface area contributed by atoms with Crippen LogP contribution in [0, 0.1) is 6.92 Å². The molecule has 3 aromatic carbocycles. The molecule has 0 saturated heterocycles. The van der Waals surface area contributed by atoms with Crippen molar-refractivity contribution in [1.82, 2.24) is 9.55 Å². The molecular formula is C21H17ClN2O. The quantitative estimate of drug-likeness (QED) is 0.477. The van der Waals surface area contributed by atoms with E-state index < -0.39 is 0 Å². The van der Waals surface area contributed by atoms with E-state index in [1.165, 1.54) is 0 Å². The standard InChI is InChI=1S/C21H17ClN2O/c1-14-12-17(25-2)10-11-19(14)24-20-9-4-3-8-18(20)23-21(24)15-6-5-7-16(22)13-15/h3-13H,1-2H3. The number of aryl methyl sites for hydroxylation is 1. The first-order valence-electron chi connectivity index (χ1n) is 8.06. The van der Waals surface area contributed by atoms with Crippen molar-refractivity contribution in [3.63, 3.8) is 0 Å². The molecule has 0 aliphatic heterocycles. The lowest BCUT2D eigenvalue weighted by Crippen LogP contribution is -2.00. The minimum atomic E-state index is 0.697. The molecule has 0 saturated carbocycles. The van der Waals surface area contributed by atoms with Gasteiger partial charge in [0.05, 0.1) is 23.8 Å². The number of methoxy groups -OCH3 is 1. The van der Waals surface area contributed by atoms with Crippen LogP contribution < -0.4 is 4.74 Å². The van der Waals surface area contributed by atoms with Crippen LogP contribution in [0.25, 0.3) is 28.1 Å². The fourth-order valence-electron chi connectivity index (χ4n) is 3.10. The predicted molar refractivity (Wildman–Crippen MR) is 103 cm³/mol. The molecule has 0 aliphatic rings. The van der Waals surface area contributed by atoms with E-state index in [9.17, 15) is 0 Å². The molecule has 124 valence electrons. The maximum absolute atomic E-state index is 6.21. The first kappa shape index (κ1) is 15.7. The van der Waals surface area contributed by atoms with Gasteiger partial charge in [0.1, 0.15) is 11.6 Å². The van der Waals surface area contributed by atoms with E-state index in [0.29, 0.717) is 5.02 Å². The van der Waals surface area contributed by atoms with Gasteiger partial charge in [0, 0.05) is 10.6 Å². The molecule has 0 spiro atoms. The first-order chi connectivity index (χ1) is 12.2. The van der Waals surface area contributed by atoms with Gasteiger partial charge in [0.25, 0.3) is 0 Å². The zero-order valence-electron chi connectivity index (χ0n) is 14.0. The van der Waals surface area contributed by atoms with E-state index in [-0.39, 0.29) is 0 Å². The summed E-state index contributed by atoms with van der Waals surface area (Å²) in [6.45, 7) is 2.08. The van der Waals surface area contributed by atoms with E-state index in [0.717, 1.165) is 39.4 Å². The Morgan fingerprint density at radius 3 is 2.56 bits per heavy atom. The second-order valence-electron chi connectivity index (χ2n) is 5.92. The van der Waals surface area contributed by atoms with Crippen molar-refractivity contribution in [2.45, 2.75) is 6.92 Å². The summed E-state index contributed by atoms with van der Waals surface area (Å²) in [6.07, 6.45) is 0. The molecule has 4 heteroatoms. The molecule has 3 nitrogen and oxygen atoms in total. The van der Waals surface area contributed by atoms with Gasteiger partial charge in [-0.2, -0.15) is 0 Å². The Morgan fingerprint density at radius 1 is 0.960 bits per heavy atom. The summed E-state index contributed by atoms with van der Waals surface area (Å²) in [7, 11) is 1.68. The van der Waals surface area contributed by atoms with Gasteiger partial charge in [0.2, 0.25) is 0 Å². The highest BCUT2D eigenvalue weighted by Gasteiger charge is 2.16. The van der Waals surface area contributed by atoms with Crippen molar-refractivity contribution in [1.29, 1.82) is 0 Å². The zero-order valence-corrected chi connectivity index (χ0v) is 14.8. The Bertz CT molecular complexity index is 1070. The molecule has 4 rings (SSSR count). The van der Waals surface area contributed by atoms with Crippen molar-refractivity contribution in [3.8, 4) is 22.8 Å². The molecule has 0 N–H and O–H groups in total. The zero-order chi connectivity index (χ0) is 17.4. The highest BCUT2D eigenvalue weighted by molar-refractivity contribution is 6.30. The molecule has 25 heavy (non-hydrogen) atoms. The average molecular weight is 349 g/mol. The Kier molecular flexibility index (Phi) is 3.94. The average Bonchev–Trinajstić information content (AvgIpc) is 3.01. The van der Waals surface area contributed by atoms with Gasteiger partial charge in [-0.05, 0) is 55.0 Å². The third-order valence-electron chi connectivity index (χ3n) is 4.29. The molecule has 0 unspecified atom stereocenters. The lowest BCUT2D eigenvalue weighted by molar-refractivity contribution is 0.414. The first-order valence-corrected chi connectivity index (χ1v) is 8.43. The molecule has 0 amide bonds. The number of hydrogen-bond acceptors (Lipinski definition) is 2. The predicted octanol–water partition coefficient (Wildman–Crippen LogP) is 5.66. The van der Waals surface area contributed by atoms with Crippen LogP contribution in [-0.4, -0.2) is 16.7 Å². The fourth-order valence-corrected chi connectivity index (χ4v) is 3.29. The van der Waals surface area contributed by atoms with Crippen molar-refractivity contribution in [3.05, 3.63) is 77.3 Å². The van der Waals surface area contributed by atoms with Crippen molar-refractivity contribution < 1.29 is 4.74 Å². The summed E-state index contributed by atoms with van der Waals surface area (Å²) in [5.74, 6) is 1.71. The van der Waals surface area contributed by atoms with Gasteiger partial charge in [-0.25, -0.2) is 4.98 Å². The molecule has 1 heterocycles. The van der Waals surface area contributed by atoms with Crippen LogP contribution in [0.5, 0.6) is 5.75 Å². The Balaban J connectivity index is 2.03. The number of aromatic nitrogens is 2. The number of nitrogens with zero attached hydrogens (tertiary/aromatic N) is 2. The highest BCUT2D eigenvalue weighted by Crippen LogP contribution is 2.32. The van der Waals surface area contributed by atoms with Crippen LogP contribution in [0.1, 0.15) is 5.56 Å². The van der Waals surface area contributed by atoms with Gasteiger partial charge in [0.15, 0.2) is 0 Å². The van der Waals surface area contributed by atoms with Crippen LogP contribution in [0.15, 0.2) is 66.7 Å². The number of hydrogen-bond donors (Lipinski definition) is 0. The molecular weight excluding hydrogens is 332 g/mol. The monoisotopic (exact) mass is 348 g/mol. The number of rotatable bonds is 3. The number of imidazole rings is 1. The van der Waals surface area contributed by atoms with E-state index >= 15 is 0 Å². The second-order valence-corrected chi connectivity index (χ2v) is 6.36. The highest BCUT2D eigenvalue weighted by atomic mass is 35.5. The van der Waals surface area contributed by atoms with Crippen molar-refractivity contribution in [2.75, 3.05) is 7.11 Å². The molecule has 4 aromatic rings. The molecule has 0 aliphatic carbocycles. The Labute approximate surface area is 151 Å². The normalized spacial score (nSPS) is 11.0. The number of para-hydroxylation sites is 2. The molecule has 0 radical (unpaired) electrons. The van der Waals surface area contributed by atoms with E-state index in [4.69, 9.17) is 21.3 Å². The van der Waals surface area contributed by atoms with Gasteiger partial charge in [-0.1, -0.05) is 35.9 Å². The van der Waals surface area contributed by atoms with Gasteiger partial charge >= 0.3 is 0 Å². The molecule has 0 atom stereocenters. The maximum Gasteiger partial charge on any atom is 0.145 e. The van der Waals surface area contributed by atoms with Crippen molar-refractivity contribution in [2.24, 2.45) is 0 Å². The number of halogens is 1. The fraction of sp³-hybridized carbons (Fsp3) is 0.0952. The van der Waals surface area contributed by atoms with Crippen molar-refractivity contribution >= 4 is 22.6 Å². The Hall–Kier alpha value is -2.78. The largest absolute Gasteiger partial charge is 0.497 e. The summed E-state index contributed by atoms with van der Waals surface area (Å²) >= 11 is 6.21. The van der Waals surface area contributed by atoms with Gasteiger partial charge in [-0.3, -0.25) is 4.57 Å². The summed E-state index contributed by atoms with van der Waals surface area (Å²) in [5, 5.41) is 0.697. The molecule has 0 bridgehead atoms. The molecule has 1 aromatic heterocycles. The molecule has 0 fully saturated rings. The van der Waals surface area contributed by atoms with Gasteiger partial charge < -0.3 is 4.74 Å². The smallest absolute Gasteiger partial charge is 0.145 e. The van der Waals surface area contributed by atoms with Crippen LogP contribution >= 0.6 is 11.6 Å². The van der Waals surface area contributed by atoms with Crippen LogP contribution in [0.3, 0.4) is 0 Å². The number of ether oxygens (including phenoxy) is 1. The topological polar surface area (TPSA) is 27.1 Å². The lowest BCUT2D eigenvalue weighted by Gasteiger charge is -2.13. The van der Waals surface area contributed by atoms with E-state index in [1.54, 1.807) is 7.11 Å². The second kappa shape index (κ2) is 6.26. The van der Waals surface area contributed by atoms with Crippen LogP contribution in [0.2, 0.25) is 5.02 Å². The van der Waals surface area contributed by atoms with E-state index in [1.807, 2.05) is 54.6 Å². The lowest BCUT2D eigenvalue weighted by atomic mass is 10.1. The third-order valence-corrected chi connectivity index (χ3v) is 4.52. The minimum absolute atomic E-state index is 0.697. The minimum Gasteiger partial charge on any atom is -0.497 e. The van der Waals surface area contributed by atoms with E-state index in [2.05, 4.69) is 23.6 Å².